The summed E-state index contributed by atoms with van der Waals surface area (Å²) >= 11 is 0. The van der Waals surface area contributed by atoms with Gasteiger partial charge in [-0.05, 0) is 24.3 Å². The minimum absolute atomic E-state index is 0.0627. The molecule has 3 N–H and O–H groups in total. The van der Waals surface area contributed by atoms with Crippen LogP contribution in [0.25, 0.3) is 0 Å². The number of benzene rings is 1. The van der Waals surface area contributed by atoms with E-state index in [4.69, 9.17) is 5.73 Å². The SMILES string of the molecule is CC(=O)Nc1ccc(N2CC(N)C2=O)cc1. The normalized spacial score (nSPS) is 19.2. The highest BCUT2D eigenvalue weighted by Crippen LogP contribution is 2.22. The van der Waals surface area contributed by atoms with Crippen molar-refractivity contribution in [2.75, 3.05) is 16.8 Å². The van der Waals surface area contributed by atoms with Gasteiger partial charge in [-0.15, -0.1) is 0 Å². The van der Waals surface area contributed by atoms with E-state index in [-0.39, 0.29) is 17.9 Å². The van der Waals surface area contributed by atoms with Crippen molar-refractivity contribution in [2.45, 2.75) is 13.0 Å². The van der Waals surface area contributed by atoms with Crippen molar-refractivity contribution < 1.29 is 9.59 Å². The fourth-order valence-electron chi connectivity index (χ4n) is 1.61. The molecule has 0 bridgehead atoms. The first-order valence-corrected chi connectivity index (χ1v) is 5.02. The summed E-state index contributed by atoms with van der Waals surface area (Å²) in [7, 11) is 0. The maximum absolute atomic E-state index is 11.4. The molecule has 2 rings (SSSR count). The van der Waals surface area contributed by atoms with Crippen LogP contribution in [0.1, 0.15) is 6.92 Å². The van der Waals surface area contributed by atoms with Crippen molar-refractivity contribution in [3.05, 3.63) is 24.3 Å². The number of hydrogen-bond donors (Lipinski definition) is 2. The Bertz CT molecular complexity index is 427. The Balaban J connectivity index is 2.08. The molecule has 5 heteroatoms. The van der Waals surface area contributed by atoms with Crippen molar-refractivity contribution in [2.24, 2.45) is 5.73 Å². The van der Waals surface area contributed by atoms with Crippen LogP contribution in [0.5, 0.6) is 0 Å². The topological polar surface area (TPSA) is 75.4 Å². The standard InChI is InChI=1S/C11H13N3O2/c1-7(15)13-8-2-4-9(5-3-8)14-6-10(12)11(14)16/h2-5,10H,6,12H2,1H3,(H,13,15). The Morgan fingerprint density at radius 1 is 1.44 bits per heavy atom. The highest BCUT2D eigenvalue weighted by molar-refractivity contribution is 6.04. The highest BCUT2D eigenvalue weighted by Gasteiger charge is 2.34. The number of nitrogens with one attached hydrogen (secondary N) is 1. The molecular formula is C11H13N3O2. The zero-order valence-corrected chi connectivity index (χ0v) is 8.93. The van der Waals surface area contributed by atoms with E-state index in [1.165, 1.54) is 6.92 Å². The Kier molecular flexibility index (Phi) is 2.62. The maximum atomic E-state index is 11.4. The second-order valence-corrected chi connectivity index (χ2v) is 3.78. The molecule has 5 nitrogen and oxygen atoms in total. The van der Waals surface area contributed by atoms with E-state index in [1.54, 1.807) is 29.2 Å². The van der Waals surface area contributed by atoms with Crippen LogP contribution < -0.4 is 16.0 Å². The van der Waals surface area contributed by atoms with E-state index in [0.717, 1.165) is 5.69 Å². The largest absolute Gasteiger partial charge is 0.326 e. The van der Waals surface area contributed by atoms with E-state index in [9.17, 15) is 9.59 Å². The van der Waals surface area contributed by atoms with E-state index >= 15 is 0 Å². The molecule has 0 spiro atoms. The summed E-state index contributed by atoms with van der Waals surface area (Å²) < 4.78 is 0. The third-order valence-electron chi connectivity index (χ3n) is 2.46. The van der Waals surface area contributed by atoms with Crippen molar-refractivity contribution in [3.63, 3.8) is 0 Å². The predicted octanol–water partition coefficient (Wildman–Crippen LogP) is 0.319. The highest BCUT2D eigenvalue weighted by atomic mass is 16.2. The summed E-state index contributed by atoms with van der Waals surface area (Å²) in [5.74, 6) is -0.179. The summed E-state index contributed by atoms with van der Waals surface area (Å²) in [4.78, 5) is 23.8. The van der Waals surface area contributed by atoms with E-state index in [2.05, 4.69) is 5.32 Å². The van der Waals surface area contributed by atoms with Crippen molar-refractivity contribution in [1.82, 2.24) is 0 Å². The molecule has 0 aromatic heterocycles. The third kappa shape index (κ3) is 1.90. The lowest BCUT2D eigenvalue weighted by molar-refractivity contribution is -0.123. The molecule has 1 fully saturated rings. The van der Waals surface area contributed by atoms with Crippen LogP contribution in [0.4, 0.5) is 11.4 Å². The fraction of sp³-hybridized carbons (Fsp3) is 0.273. The molecule has 0 radical (unpaired) electrons. The van der Waals surface area contributed by atoms with Crippen LogP contribution >= 0.6 is 0 Å². The number of hydrogen-bond acceptors (Lipinski definition) is 3. The Morgan fingerprint density at radius 2 is 2.06 bits per heavy atom. The monoisotopic (exact) mass is 219 g/mol. The molecule has 1 heterocycles. The number of rotatable bonds is 2. The van der Waals surface area contributed by atoms with Gasteiger partial charge in [-0.25, -0.2) is 0 Å². The summed E-state index contributed by atoms with van der Waals surface area (Å²) in [6, 6.07) is 6.72. The van der Waals surface area contributed by atoms with Gasteiger partial charge in [0.1, 0.15) is 6.04 Å². The van der Waals surface area contributed by atoms with Gasteiger partial charge in [0.15, 0.2) is 0 Å². The molecule has 0 aliphatic carbocycles. The van der Waals surface area contributed by atoms with Crippen molar-refractivity contribution in [1.29, 1.82) is 0 Å². The number of nitrogens with zero attached hydrogens (tertiary/aromatic N) is 1. The predicted molar refractivity (Wildman–Crippen MR) is 61.1 cm³/mol. The number of amides is 2. The van der Waals surface area contributed by atoms with Gasteiger partial charge in [-0.2, -0.15) is 0 Å². The quantitative estimate of drug-likeness (QED) is 0.703. The molecule has 1 unspecified atom stereocenters. The molecule has 16 heavy (non-hydrogen) atoms. The van der Waals surface area contributed by atoms with Crippen LogP contribution in [0.3, 0.4) is 0 Å². The summed E-state index contributed by atoms with van der Waals surface area (Å²) in [5, 5.41) is 2.66. The van der Waals surface area contributed by atoms with Gasteiger partial charge >= 0.3 is 0 Å². The lowest BCUT2D eigenvalue weighted by Gasteiger charge is -2.36. The average molecular weight is 219 g/mol. The van der Waals surface area contributed by atoms with Crippen LogP contribution in [0.2, 0.25) is 0 Å². The lowest BCUT2D eigenvalue weighted by atomic mass is 10.1. The first-order valence-electron chi connectivity index (χ1n) is 5.02. The smallest absolute Gasteiger partial charge is 0.245 e. The van der Waals surface area contributed by atoms with E-state index in [1.807, 2.05) is 0 Å². The number of carbonyl (C=O) groups is 2. The molecule has 2 amide bonds. The van der Waals surface area contributed by atoms with Crippen molar-refractivity contribution >= 4 is 23.2 Å². The summed E-state index contributed by atoms with van der Waals surface area (Å²) in [6.45, 7) is 2.00. The van der Waals surface area contributed by atoms with Gasteiger partial charge < -0.3 is 16.0 Å². The molecule has 1 aliphatic heterocycles. The summed E-state index contributed by atoms with van der Waals surface area (Å²) in [6.07, 6.45) is 0. The molecule has 84 valence electrons. The molecule has 1 aliphatic rings. The van der Waals surface area contributed by atoms with Gasteiger partial charge in [-0.3, -0.25) is 9.59 Å². The fourth-order valence-corrected chi connectivity index (χ4v) is 1.61. The molecule has 0 saturated carbocycles. The van der Waals surface area contributed by atoms with Crippen LogP contribution in [0.15, 0.2) is 24.3 Å². The van der Waals surface area contributed by atoms with E-state index < -0.39 is 0 Å². The van der Waals surface area contributed by atoms with Crippen LogP contribution in [0, 0.1) is 0 Å². The zero-order chi connectivity index (χ0) is 11.7. The molecular weight excluding hydrogens is 206 g/mol. The first kappa shape index (κ1) is 10.6. The average Bonchev–Trinajstić information content (AvgIpc) is 2.26. The molecule has 1 saturated heterocycles. The van der Waals surface area contributed by atoms with Crippen LogP contribution in [-0.2, 0) is 9.59 Å². The minimum Gasteiger partial charge on any atom is -0.326 e. The molecule has 1 aromatic carbocycles. The Hall–Kier alpha value is -1.88. The Labute approximate surface area is 93.2 Å². The van der Waals surface area contributed by atoms with Gasteiger partial charge in [0.25, 0.3) is 0 Å². The van der Waals surface area contributed by atoms with Gasteiger partial charge in [0.2, 0.25) is 11.8 Å². The first-order chi connectivity index (χ1) is 7.58. The molecule has 1 atom stereocenters. The maximum Gasteiger partial charge on any atom is 0.245 e. The Morgan fingerprint density at radius 3 is 2.50 bits per heavy atom. The second-order valence-electron chi connectivity index (χ2n) is 3.78. The summed E-state index contributed by atoms with van der Waals surface area (Å²) in [5.41, 5.74) is 7.02. The lowest BCUT2D eigenvalue weighted by Crippen LogP contribution is -2.61. The number of β-lactam (4-membered cyclic amide) rings is 1. The third-order valence-corrected chi connectivity index (χ3v) is 2.46. The minimum atomic E-state index is -0.366. The van der Waals surface area contributed by atoms with Crippen LogP contribution in [-0.4, -0.2) is 24.4 Å². The van der Waals surface area contributed by atoms with Gasteiger partial charge in [0.05, 0.1) is 6.54 Å². The number of carbonyl (C=O) groups excluding carboxylic acids is 2. The number of anilines is 2. The number of nitrogens with two attached hydrogens (primary N) is 1. The zero-order valence-electron chi connectivity index (χ0n) is 8.93. The van der Waals surface area contributed by atoms with Gasteiger partial charge in [0, 0.05) is 18.3 Å². The van der Waals surface area contributed by atoms with Gasteiger partial charge in [-0.1, -0.05) is 0 Å². The molecule has 1 aromatic rings. The van der Waals surface area contributed by atoms with Crippen molar-refractivity contribution in [3.8, 4) is 0 Å². The van der Waals surface area contributed by atoms with E-state index in [0.29, 0.717) is 12.2 Å². The second kappa shape index (κ2) is 3.94.